The van der Waals surface area contributed by atoms with Crippen molar-refractivity contribution in [3.63, 3.8) is 0 Å². The Bertz CT molecular complexity index is 322. The van der Waals surface area contributed by atoms with Crippen LogP contribution in [0.1, 0.15) is 26.7 Å². The minimum atomic E-state index is 0.308. The van der Waals surface area contributed by atoms with E-state index in [1.807, 2.05) is 32.0 Å². The van der Waals surface area contributed by atoms with Gasteiger partial charge in [-0.15, -0.1) is 0 Å². The first-order chi connectivity index (χ1) is 8.11. The Kier molecular flexibility index (Phi) is 6.16. The fourth-order valence-electron chi connectivity index (χ4n) is 1.49. The molecule has 96 valence electrons. The third-order valence-electron chi connectivity index (χ3n) is 2.37. The maximum atomic E-state index is 6.04. The van der Waals surface area contributed by atoms with E-state index in [0.717, 1.165) is 31.7 Å². The number of para-hydroxylation sites is 1. The van der Waals surface area contributed by atoms with E-state index in [0.29, 0.717) is 16.8 Å². The van der Waals surface area contributed by atoms with Crippen molar-refractivity contribution < 1.29 is 4.74 Å². The van der Waals surface area contributed by atoms with Crippen LogP contribution >= 0.6 is 11.6 Å². The molecule has 0 radical (unpaired) electrons. The summed E-state index contributed by atoms with van der Waals surface area (Å²) in [5, 5.41) is 3.93. The molecule has 0 unspecified atom stereocenters. The van der Waals surface area contributed by atoms with Gasteiger partial charge in [-0.2, -0.15) is 0 Å². The number of nitrogens with one attached hydrogen (secondary N) is 1. The van der Waals surface area contributed by atoms with Crippen LogP contribution in [0.5, 0.6) is 0 Å². The molecule has 0 spiro atoms. The third kappa shape index (κ3) is 5.29. The van der Waals surface area contributed by atoms with Gasteiger partial charge in [0.1, 0.15) is 0 Å². The zero-order valence-corrected chi connectivity index (χ0v) is 11.3. The lowest BCUT2D eigenvalue weighted by molar-refractivity contribution is 0.0765. The Labute approximate surface area is 108 Å². The number of anilines is 2. The van der Waals surface area contributed by atoms with Crippen molar-refractivity contribution in [2.45, 2.75) is 32.8 Å². The van der Waals surface area contributed by atoms with Gasteiger partial charge in [0.15, 0.2) is 0 Å². The monoisotopic (exact) mass is 256 g/mol. The fraction of sp³-hybridized carbons (Fsp3) is 0.538. The highest BCUT2D eigenvalue weighted by Crippen LogP contribution is 2.27. The summed E-state index contributed by atoms with van der Waals surface area (Å²) in [5.74, 6) is 0. The minimum absolute atomic E-state index is 0.308. The fourth-order valence-corrected chi connectivity index (χ4v) is 1.74. The van der Waals surface area contributed by atoms with E-state index in [2.05, 4.69) is 5.32 Å². The maximum absolute atomic E-state index is 6.04. The Morgan fingerprint density at radius 2 is 2.12 bits per heavy atom. The van der Waals surface area contributed by atoms with Crippen molar-refractivity contribution in [3.8, 4) is 0 Å². The summed E-state index contributed by atoms with van der Waals surface area (Å²) >= 11 is 6.04. The molecule has 0 atom stereocenters. The van der Waals surface area contributed by atoms with E-state index < -0.39 is 0 Å². The molecular formula is C13H21ClN2O. The number of benzene rings is 1. The summed E-state index contributed by atoms with van der Waals surface area (Å²) in [7, 11) is 0. The summed E-state index contributed by atoms with van der Waals surface area (Å²) in [6.07, 6.45) is 2.38. The Hall–Kier alpha value is -0.930. The van der Waals surface area contributed by atoms with E-state index in [1.165, 1.54) is 0 Å². The molecule has 1 aromatic rings. The van der Waals surface area contributed by atoms with E-state index in [-0.39, 0.29) is 0 Å². The molecule has 0 amide bonds. The quantitative estimate of drug-likeness (QED) is 0.579. The van der Waals surface area contributed by atoms with Crippen molar-refractivity contribution in [1.82, 2.24) is 0 Å². The Morgan fingerprint density at radius 3 is 2.76 bits per heavy atom. The molecular weight excluding hydrogens is 236 g/mol. The number of ether oxygens (including phenoxy) is 1. The standard InChI is InChI=1S/C13H21ClN2O/c1-10(2)17-9-4-3-8-16-13-11(14)6-5-7-12(13)15/h5-7,10,16H,3-4,8-9,15H2,1-2H3. The van der Waals surface area contributed by atoms with Crippen molar-refractivity contribution in [3.05, 3.63) is 23.2 Å². The molecule has 0 heterocycles. The third-order valence-corrected chi connectivity index (χ3v) is 2.68. The zero-order valence-electron chi connectivity index (χ0n) is 10.5. The molecule has 3 nitrogen and oxygen atoms in total. The predicted molar refractivity (Wildman–Crippen MR) is 74.7 cm³/mol. The second-order valence-electron chi connectivity index (χ2n) is 4.26. The smallest absolute Gasteiger partial charge is 0.0763 e. The van der Waals surface area contributed by atoms with E-state index in [1.54, 1.807) is 0 Å². The van der Waals surface area contributed by atoms with Gasteiger partial charge in [-0.3, -0.25) is 0 Å². The molecule has 0 bridgehead atoms. The van der Waals surface area contributed by atoms with Gasteiger partial charge < -0.3 is 15.8 Å². The summed E-state index contributed by atoms with van der Waals surface area (Å²) in [6, 6.07) is 5.53. The van der Waals surface area contributed by atoms with Crippen LogP contribution in [0.4, 0.5) is 11.4 Å². The number of rotatable bonds is 7. The van der Waals surface area contributed by atoms with Crippen LogP contribution < -0.4 is 11.1 Å². The van der Waals surface area contributed by atoms with Crippen LogP contribution in [0, 0.1) is 0 Å². The average Bonchev–Trinajstić information content (AvgIpc) is 2.26. The van der Waals surface area contributed by atoms with Gasteiger partial charge in [-0.1, -0.05) is 17.7 Å². The molecule has 1 rings (SSSR count). The molecule has 4 heteroatoms. The van der Waals surface area contributed by atoms with Crippen molar-refractivity contribution >= 4 is 23.0 Å². The summed E-state index contributed by atoms with van der Waals surface area (Å²) in [5.41, 5.74) is 7.35. The maximum Gasteiger partial charge on any atom is 0.0763 e. The minimum Gasteiger partial charge on any atom is -0.397 e. The largest absolute Gasteiger partial charge is 0.397 e. The van der Waals surface area contributed by atoms with Crippen LogP contribution in [0.2, 0.25) is 5.02 Å². The summed E-state index contributed by atoms with van der Waals surface area (Å²) in [6.45, 7) is 5.75. The van der Waals surface area contributed by atoms with Gasteiger partial charge in [0, 0.05) is 13.2 Å². The molecule has 0 aliphatic heterocycles. The number of halogens is 1. The lowest BCUT2D eigenvalue weighted by Gasteiger charge is -2.11. The Morgan fingerprint density at radius 1 is 1.35 bits per heavy atom. The SMILES string of the molecule is CC(C)OCCCCNc1c(N)cccc1Cl. The van der Waals surface area contributed by atoms with E-state index >= 15 is 0 Å². The highest BCUT2D eigenvalue weighted by Gasteiger charge is 2.02. The normalized spacial score (nSPS) is 10.8. The predicted octanol–water partition coefficient (Wildman–Crippen LogP) is 3.54. The number of unbranched alkanes of at least 4 members (excludes halogenated alkanes) is 1. The second kappa shape index (κ2) is 7.41. The summed E-state index contributed by atoms with van der Waals surface area (Å²) < 4.78 is 5.46. The highest BCUT2D eigenvalue weighted by molar-refractivity contribution is 6.33. The first-order valence-electron chi connectivity index (χ1n) is 6.00. The number of nitrogens with two attached hydrogens (primary N) is 1. The van der Waals surface area contributed by atoms with Gasteiger partial charge in [0.05, 0.1) is 22.5 Å². The van der Waals surface area contributed by atoms with Crippen LogP contribution in [0.25, 0.3) is 0 Å². The lowest BCUT2D eigenvalue weighted by Crippen LogP contribution is -2.08. The van der Waals surface area contributed by atoms with Crippen LogP contribution in [0.15, 0.2) is 18.2 Å². The van der Waals surface area contributed by atoms with Gasteiger partial charge in [-0.25, -0.2) is 0 Å². The second-order valence-corrected chi connectivity index (χ2v) is 4.66. The van der Waals surface area contributed by atoms with Crippen molar-refractivity contribution in [2.75, 3.05) is 24.2 Å². The molecule has 1 aromatic carbocycles. The molecule has 0 saturated heterocycles. The number of nitrogen functional groups attached to an aromatic ring is 1. The summed E-state index contributed by atoms with van der Waals surface area (Å²) in [4.78, 5) is 0. The van der Waals surface area contributed by atoms with Gasteiger partial charge in [-0.05, 0) is 38.8 Å². The average molecular weight is 257 g/mol. The van der Waals surface area contributed by atoms with Crippen LogP contribution in [0.3, 0.4) is 0 Å². The lowest BCUT2D eigenvalue weighted by atomic mass is 10.2. The topological polar surface area (TPSA) is 47.3 Å². The zero-order chi connectivity index (χ0) is 12.7. The molecule has 0 fully saturated rings. The van der Waals surface area contributed by atoms with Gasteiger partial charge >= 0.3 is 0 Å². The first-order valence-corrected chi connectivity index (χ1v) is 6.38. The molecule has 0 saturated carbocycles. The molecule has 17 heavy (non-hydrogen) atoms. The molecule has 3 N–H and O–H groups in total. The van der Waals surface area contributed by atoms with Crippen molar-refractivity contribution in [1.29, 1.82) is 0 Å². The number of hydrogen-bond donors (Lipinski definition) is 2. The molecule has 0 aliphatic rings. The van der Waals surface area contributed by atoms with E-state index in [4.69, 9.17) is 22.1 Å². The first kappa shape index (κ1) is 14.1. The number of hydrogen-bond acceptors (Lipinski definition) is 3. The molecule has 0 aromatic heterocycles. The van der Waals surface area contributed by atoms with Crippen molar-refractivity contribution in [2.24, 2.45) is 0 Å². The Balaban J connectivity index is 2.22. The molecule has 0 aliphatic carbocycles. The van der Waals surface area contributed by atoms with E-state index in [9.17, 15) is 0 Å². The van der Waals surface area contributed by atoms with Crippen LogP contribution in [-0.4, -0.2) is 19.3 Å². The highest BCUT2D eigenvalue weighted by atomic mass is 35.5. The van der Waals surface area contributed by atoms with Gasteiger partial charge in [0.2, 0.25) is 0 Å². The van der Waals surface area contributed by atoms with Crippen LogP contribution in [-0.2, 0) is 4.74 Å². The van der Waals surface area contributed by atoms with Gasteiger partial charge in [0.25, 0.3) is 0 Å².